The number of benzene rings is 2. The molecular formula is C17H18N4. The van der Waals surface area contributed by atoms with Crippen LogP contribution in [0.25, 0.3) is 22.0 Å². The third-order valence-corrected chi connectivity index (χ3v) is 3.56. The van der Waals surface area contributed by atoms with Crippen molar-refractivity contribution < 1.29 is 0 Å². The van der Waals surface area contributed by atoms with Gasteiger partial charge in [0.15, 0.2) is 5.96 Å². The highest BCUT2D eigenvalue weighted by molar-refractivity contribution is 5.97. The van der Waals surface area contributed by atoms with E-state index in [-0.39, 0.29) is 5.96 Å². The quantitative estimate of drug-likeness (QED) is 0.508. The number of H-pyrrole nitrogens is 1. The SMILES string of the molecule is Cc1[nH]c2ccc(CN=C(N)N)cc2c1-c1ccccc1. The first-order valence-electron chi connectivity index (χ1n) is 6.87. The van der Waals surface area contributed by atoms with E-state index in [4.69, 9.17) is 11.5 Å². The molecule has 0 saturated carbocycles. The van der Waals surface area contributed by atoms with Gasteiger partial charge in [0.05, 0.1) is 6.54 Å². The maximum absolute atomic E-state index is 5.40. The zero-order valence-corrected chi connectivity index (χ0v) is 11.9. The van der Waals surface area contributed by atoms with E-state index in [1.54, 1.807) is 0 Å². The predicted octanol–water partition coefficient (Wildman–Crippen LogP) is 2.92. The van der Waals surface area contributed by atoms with E-state index in [1.807, 2.05) is 12.1 Å². The Morgan fingerprint density at radius 2 is 1.86 bits per heavy atom. The smallest absolute Gasteiger partial charge is 0.186 e. The first-order valence-corrected chi connectivity index (χ1v) is 6.87. The minimum Gasteiger partial charge on any atom is -0.370 e. The summed E-state index contributed by atoms with van der Waals surface area (Å²) in [7, 11) is 0. The van der Waals surface area contributed by atoms with Gasteiger partial charge >= 0.3 is 0 Å². The lowest BCUT2D eigenvalue weighted by molar-refractivity contribution is 1.06. The summed E-state index contributed by atoms with van der Waals surface area (Å²) in [5.74, 6) is 0.114. The summed E-state index contributed by atoms with van der Waals surface area (Å²) in [4.78, 5) is 7.51. The largest absolute Gasteiger partial charge is 0.370 e. The molecule has 0 radical (unpaired) electrons. The molecule has 0 aliphatic carbocycles. The molecule has 0 spiro atoms. The molecule has 0 aliphatic rings. The fourth-order valence-electron chi connectivity index (χ4n) is 2.63. The van der Waals surface area contributed by atoms with Crippen molar-refractivity contribution in [3.8, 4) is 11.1 Å². The molecule has 0 aliphatic heterocycles. The standard InChI is InChI=1S/C17H18N4/c1-11-16(13-5-3-2-4-6-13)14-9-12(10-20-17(18)19)7-8-15(14)21-11/h2-9,21H,10H2,1H3,(H4,18,19,20). The zero-order valence-electron chi connectivity index (χ0n) is 11.9. The van der Waals surface area contributed by atoms with Crippen molar-refractivity contribution in [1.82, 2.24) is 4.98 Å². The molecule has 4 heteroatoms. The third kappa shape index (κ3) is 2.60. The van der Waals surface area contributed by atoms with E-state index in [0.717, 1.165) is 16.8 Å². The minimum atomic E-state index is 0.114. The minimum absolute atomic E-state index is 0.114. The van der Waals surface area contributed by atoms with Crippen molar-refractivity contribution in [1.29, 1.82) is 0 Å². The van der Waals surface area contributed by atoms with Crippen molar-refractivity contribution in [2.75, 3.05) is 0 Å². The molecule has 0 atom stereocenters. The van der Waals surface area contributed by atoms with Crippen LogP contribution in [0.15, 0.2) is 53.5 Å². The number of guanidine groups is 1. The monoisotopic (exact) mass is 278 g/mol. The second-order valence-corrected chi connectivity index (χ2v) is 5.11. The summed E-state index contributed by atoms with van der Waals surface area (Å²) in [6.45, 7) is 2.59. The Labute approximate surface area is 123 Å². The number of nitrogens with zero attached hydrogens (tertiary/aromatic N) is 1. The highest BCUT2D eigenvalue weighted by Gasteiger charge is 2.10. The first-order chi connectivity index (χ1) is 10.1. The molecule has 0 unspecified atom stereocenters. The average molecular weight is 278 g/mol. The molecule has 0 saturated heterocycles. The number of fused-ring (bicyclic) bond motifs is 1. The van der Waals surface area contributed by atoms with E-state index < -0.39 is 0 Å². The van der Waals surface area contributed by atoms with Gasteiger partial charge in [0.1, 0.15) is 0 Å². The van der Waals surface area contributed by atoms with Gasteiger partial charge in [0, 0.05) is 22.2 Å². The molecule has 21 heavy (non-hydrogen) atoms. The summed E-state index contributed by atoms with van der Waals surface area (Å²) in [6.07, 6.45) is 0. The van der Waals surface area contributed by atoms with E-state index in [1.165, 1.54) is 16.5 Å². The van der Waals surface area contributed by atoms with Crippen LogP contribution in [0.5, 0.6) is 0 Å². The molecule has 1 aromatic heterocycles. The molecule has 0 amide bonds. The maximum Gasteiger partial charge on any atom is 0.186 e. The van der Waals surface area contributed by atoms with Crippen LogP contribution in [-0.2, 0) is 6.54 Å². The lowest BCUT2D eigenvalue weighted by atomic mass is 10.0. The predicted molar refractivity (Wildman–Crippen MR) is 88.0 cm³/mol. The maximum atomic E-state index is 5.40. The molecule has 0 fully saturated rings. The van der Waals surface area contributed by atoms with Crippen molar-refractivity contribution in [3.63, 3.8) is 0 Å². The van der Waals surface area contributed by atoms with Gasteiger partial charge in [-0.2, -0.15) is 0 Å². The van der Waals surface area contributed by atoms with Crippen LogP contribution in [0.3, 0.4) is 0 Å². The summed E-state index contributed by atoms with van der Waals surface area (Å²) in [5.41, 5.74) is 16.6. The Kier molecular flexibility index (Phi) is 3.36. The molecule has 0 bridgehead atoms. The van der Waals surface area contributed by atoms with Crippen LogP contribution in [0.1, 0.15) is 11.3 Å². The Morgan fingerprint density at radius 3 is 2.57 bits per heavy atom. The lowest BCUT2D eigenvalue weighted by Crippen LogP contribution is -2.22. The third-order valence-electron chi connectivity index (χ3n) is 3.56. The molecule has 2 aromatic carbocycles. The second-order valence-electron chi connectivity index (χ2n) is 5.11. The van der Waals surface area contributed by atoms with Crippen molar-refractivity contribution >= 4 is 16.9 Å². The van der Waals surface area contributed by atoms with Crippen LogP contribution in [0, 0.1) is 6.92 Å². The van der Waals surface area contributed by atoms with Gasteiger partial charge in [-0.1, -0.05) is 36.4 Å². The van der Waals surface area contributed by atoms with E-state index in [0.29, 0.717) is 6.54 Å². The highest BCUT2D eigenvalue weighted by Crippen LogP contribution is 2.32. The average Bonchev–Trinajstić information content (AvgIpc) is 2.81. The highest BCUT2D eigenvalue weighted by atomic mass is 15.0. The number of aromatic nitrogens is 1. The number of hydrogen-bond donors (Lipinski definition) is 3. The van der Waals surface area contributed by atoms with Crippen LogP contribution in [0.2, 0.25) is 0 Å². The van der Waals surface area contributed by atoms with Crippen molar-refractivity contribution in [2.24, 2.45) is 16.5 Å². The summed E-state index contributed by atoms with van der Waals surface area (Å²) in [6, 6.07) is 16.6. The van der Waals surface area contributed by atoms with E-state index >= 15 is 0 Å². The Bertz CT molecular complexity index is 796. The lowest BCUT2D eigenvalue weighted by Gasteiger charge is -2.03. The van der Waals surface area contributed by atoms with E-state index in [2.05, 4.69) is 53.3 Å². The number of nitrogens with one attached hydrogen (secondary N) is 1. The second kappa shape index (κ2) is 5.32. The summed E-state index contributed by atoms with van der Waals surface area (Å²) in [5, 5.41) is 1.20. The van der Waals surface area contributed by atoms with Crippen LogP contribution >= 0.6 is 0 Å². The Balaban J connectivity index is 2.13. The number of hydrogen-bond acceptors (Lipinski definition) is 1. The zero-order chi connectivity index (χ0) is 14.8. The van der Waals surface area contributed by atoms with Crippen molar-refractivity contribution in [2.45, 2.75) is 13.5 Å². The summed E-state index contributed by atoms with van der Waals surface area (Å²) >= 11 is 0. The topological polar surface area (TPSA) is 80.2 Å². The first kappa shape index (κ1) is 13.2. The molecule has 3 aromatic rings. The van der Waals surface area contributed by atoms with Crippen LogP contribution < -0.4 is 11.5 Å². The normalized spacial score (nSPS) is 10.7. The number of aromatic amines is 1. The van der Waals surface area contributed by atoms with Gasteiger partial charge in [-0.25, -0.2) is 4.99 Å². The summed E-state index contributed by atoms with van der Waals surface area (Å²) < 4.78 is 0. The molecular weight excluding hydrogens is 260 g/mol. The number of nitrogens with two attached hydrogens (primary N) is 2. The van der Waals surface area contributed by atoms with Gasteiger partial charge in [-0.05, 0) is 30.2 Å². The van der Waals surface area contributed by atoms with Gasteiger partial charge in [0.2, 0.25) is 0 Å². The fourth-order valence-corrected chi connectivity index (χ4v) is 2.63. The molecule has 5 N–H and O–H groups in total. The van der Waals surface area contributed by atoms with Gasteiger partial charge in [0.25, 0.3) is 0 Å². The number of aryl methyl sites for hydroxylation is 1. The number of rotatable bonds is 3. The Hall–Kier alpha value is -2.75. The van der Waals surface area contributed by atoms with Crippen LogP contribution in [0.4, 0.5) is 0 Å². The van der Waals surface area contributed by atoms with Gasteiger partial charge in [-0.15, -0.1) is 0 Å². The molecule has 4 nitrogen and oxygen atoms in total. The van der Waals surface area contributed by atoms with Gasteiger partial charge in [-0.3, -0.25) is 0 Å². The number of aliphatic imine (C=N–C) groups is 1. The van der Waals surface area contributed by atoms with Crippen molar-refractivity contribution in [3.05, 3.63) is 59.8 Å². The fraction of sp³-hybridized carbons (Fsp3) is 0.118. The van der Waals surface area contributed by atoms with Crippen LogP contribution in [-0.4, -0.2) is 10.9 Å². The molecule has 1 heterocycles. The van der Waals surface area contributed by atoms with E-state index in [9.17, 15) is 0 Å². The molecule has 3 rings (SSSR count). The Morgan fingerprint density at radius 1 is 1.10 bits per heavy atom. The molecule has 106 valence electrons. The van der Waals surface area contributed by atoms with Gasteiger partial charge < -0.3 is 16.5 Å².